The lowest BCUT2D eigenvalue weighted by atomic mass is 9.66. The zero-order valence-corrected chi connectivity index (χ0v) is 39.2. The Balaban J connectivity index is 1.34. The van der Waals surface area contributed by atoms with Crippen molar-refractivity contribution in [3.8, 4) is 0 Å². The summed E-state index contributed by atoms with van der Waals surface area (Å²) in [6, 6.07) is 55.8. The molecule has 0 N–H and O–H groups in total. The van der Waals surface area contributed by atoms with Gasteiger partial charge in [0.15, 0.2) is 0 Å². The van der Waals surface area contributed by atoms with Crippen LogP contribution in [0.4, 0.5) is 51.2 Å². The first-order valence-electron chi connectivity index (χ1n) is 22.0. The quantitative estimate of drug-likeness (QED) is 0.128. The number of nitrogens with zero attached hydrogens (tertiary/aromatic N) is 3. The first-order chi connectivity index (χ1) is 28.9. The van der Waals surface area contributed by atoms with Crippen molar-refractivity contribution in [2.75, 3.05) is 14.7 Å². The van der Waals surface area contributed by atoms with Gasteiger partial charge in [0.05, 0.1) is 13.8 Å². The molecule has 4 nitrogen and oxygen atoms in total. The Morgan fingerprint density at radius 2 is 0.934 bits per heavy atom. The van der Waals surface area contributed by atoms with E-state index in [0.29, 0.717) is 0 Å². The molecule has 312 valence electrons. The van der Waals surface area contributed by atoms with Crippen LogP contribution in [0.1, 0.15) is 83.8 Å². The molecule has 0 saturated carbocycles. The highest BCUT2D eigenvalue weighted by Gasteiger charge is 2.43. The maximum Gasteiger partial charge on any atom is 0.115 e. The van der Waals surface area contributed by atoms with E-state index < -0.39 is 8.07 Å². The smallest absolute Gasteiger partial charge is 0.115 e. The summed E-state index contributed by atoms with van der Waals surface area (Å²) in [7, 11) is -1.54. The minimum atomic E-state index is -1.54. The van der Waals surface area contributed by atoms with E-state index >= 15 is 0 Å². The normalized spacial score (nSPS) is 14.6. The molecule has 0 spiro atoms. The largest absolute Gasteiger partial charge is 0.466 e. The summed E-state index contributed by atoms with van der Waals surface area (Å²) in [6.45, 7) is 25.7. The summed E-state index contributed by atoms with van der Waals surface area (Å²) in [5.41, 5.74) is 13.6. The summed E-state index contributed by atoms with van der Waals surface area (Å²) in [5, 5.41) is 1.44. The Hall–Kier alpha value is -5.78. The van der Waals surface area contributed by atoms with E-state index in [-0.39, 0.29) is 16.2 Å². The zero-order valence-electron chi connectivity index (χ0n) is 38.2. The van der Waals surface area contributed by atoms with Crippen molar-refractivity contribution in [2.24, 2.45) is 0 Å². The van der Waals surface area contributed by atoms with Gasteiger partial charge in [0.25, 0.3) is 0 Å². The Morgan fingerprint density at radius 3 is 1.48 bits per heavy atom. The van der Waals surface area contributed by atoms with Gasteiger partial charge < -0.3 is 19.1 Å². The molecule has 1 aromatic heterocycles. The molecule has 8 rings (SSSR count). The van der Waals surface area contributed by atoms with Gasteiger partial charge in [0.2, 0.25) is 0 Å². The van der Waals surface area contributed by atoms with Gasteiger partial charge in [-0.2, -0.15) is 0 Å². The van der Waals surface area contributed by atoms with Crippen molar-refractivity contribution in [2.45, 2.75) is 104 Å². The molecule has 1 aliphatic carbocycles. The fourth-order valence-electron chi connectivity index (χ4n) is 9.00. The number of fused-ring (bicyclic) bond motifs is 1. The van der Waals surface area contributed by atoms with Gasteiger partial charge in [0.1, 0.15) is 12.0 Å². The zero-order chi connectivity index (χ0) is 43.3. The number of para-hydroxylation sites is 2. The van der Waals surface area contributed by atoms with Crippen molar-refractivity contribution >= 4 is 64.4 Å². The Labute approximate surface area is 366 Å². The Morgan fingerprint density at radius 1 is 0.492 bits per heavy atom. The summed E-state index contributed by atoms with van der Waals surface area (Å²) in [6.07, 6.45) is 4.21. The van der Waals surface area contributed by atoms with Crippen LogP contribution >= 0.6 is 0 Å². The maximum absolute atomic E-state index is 6.68. The van der Waals surface area contributed by atoms with Crippen LogP contribution in [-0.4, -0.2) is 8.07 Å². The minimum absolute atomic E-state index is 0.0390. The van der Waals surface area contributed by atoms with Crippen LogP contribution in [0.15, 0.2) is 162 Å². The molecule has 0 radical (unpaired) electrons. The molecular weight excluding hydrogens is 759 g/mol. The van der Waals surface area contributed by atoms with Crippen molar-refractivity contribution in [3.05, 3.63) is 180 Å². The molecular formula is C56H63N3OSi. The van der Waals surface area contributed by atoms with Crippen LogP contribution in [0.5, 0.6) is 0 Å². The molecule has 0 atom stereocenters. The lowest BCUT2D eigenvalue weighted by Crippen LogP contribution is -2.37. The second kappa shape index (κ2) is 15.9. The van der Waals surface area contributed by atoms with E-state index in [1.54, 1.807) is 0 Å². The third kappa shape index (κ3) is 8.46. The van der Waals surface area contributed by atoms with Crippen LogP contribution in [0.25, 0.3) is 0 Å². The highest BCUT2D eigenvalue weighted by atomic mass is 28.3. The predicted molar refractivity (Wildman–Crippen MR) is 264 cm³/mol. The Kier molecular flexibility index (Phi) is 10.9. The van der Waals surface area contributed by atoms with E-state index in [0.717, 1.165) is 69.8 Å². The third-order valence-corrected chi connectivity index (χ3v) is 14.7. The van der Waals surface area contributed by atoms with E-state index in [9.17, 15) is 0 Å². The third-order valence-electron chi connectivity index (χ3n) is 12.6. The molecule has 5 heteroatoms. The number of rotatable bonds is 10. The van der Waals surface area contributed by atoms with Gasteiger partial charge in [-0.25, -0.2) is 0 Å². The first kappa shape index (κ1) is 41.9. The second-order valence-electron chi connectivity index (χ2n) is 20.4. The molecule has 0 fully saturated rings. The van der Waals surface area contributed by atoms with E-state index in [2.05, 4.69) is 241 Å². The van der Waals surface area contributed by atoms with Crippen LogP contribution in [-0.2, 0) is 16.2 Å². The summed E-state index contributed by atoms with van der Waals surface area (Å²) in [5.74, 6) is 1.10. The van der Waals surface area contributed by atoms with Gasteiger partial charge in [-0.3, -0.25) is 0 Å². The van der Waals surface area contributed by atoms with Gasteiger partial charge >= 0.3 is 0 Å². The number of aryl methyl sites for hydroxylation is 1. The van der Waals surface area contributed by atoms with Gasteiger partial charge in [-0.1, -0.05) is 140 Å². The highest BCUT2D eigenvalue weighted by Crippen LogP contribution is 2.53. The minimum Gasteiger partial charge on any atom is -0.466 e. The average molecular weight is 822 g/mol. The van der Waals surface area contributed by atoms with Gasteiger partial charge in [-0.15, -0.1) is 0 Å². The van der Waals surface area contributed by atoms with Gasteiger partial charge in [-0.05, 0) is 127 Å². The van der Waals surface area contributed by atoms with Crippen LogP contribution in [0.2, 0.25) is 19.6 Å². The fraction of sp³-hybridized carbons (Fsp3) is 0.286. The lowest BCUT2D eigenvalue weighted by molar-refractivity contribution is 0.278. The van der Waals surface area contributed by atoms with Crippen LogP contribution < -0.4 is 19.9 Å². The monoisotopic (exact) mass is 821 g/mol. The maximum atomic E-state index is 6.68. The van der Waals surface area contributed by atoms with Crippen LogP contribution in [0, 0.1) is 6.92 Å². The second-order valence-corrected chi connectivity index (χ2v) is 25.5. The first-order valence-corrected chi connectivity index (χ1v) is 25.5. The lowest BCUT2D eigenvalue weighted by Gasteiger charge is -2.40. The van der Waals surface area contributed by atoms with Crippen molar-refractivity contribution < 1.29 is 4.42 Å². The average Bonchev–Trinajstić information content (AvgIpc) is 3.68. The molecule has 0 unspecified atom stereocenters. The van der Waals surface area contributed by atoms with Gasteiger partial charge in [0, 0.05) is 56.5 Å². The van der Waals surface area contributed by atoms with E-state index in [1.807, 2.05) is 6.26 Å². The molecule has 61 heavy (non-hydrogen) atoms. The predicted octanol–water partition coefficient (Wildman–Crippen LogP) is 16.2. The number of benzene rings is 6. The van der Waals surface area contributed by atoms with E-state index in [1.165, 1.54) is 21.9 Å². The molecule has 0 bridgehead atoms. The fourth-order valence-corrected chi connectivity index (χ4v) is 10.2. The topological polar surface area (TPSA) is 22.9 Å². The molecule has 7 aromatic rings. The molecule has 1 heterocycles. The molecule has 0 aliphatic heterocycles. The van der Waals surface area contributed by atoms with Crippen molar-refractivity contribution in [1.82, 2.24) is 0 Å². The number of hydrogen-bond donors (Lipinski definition) is 0. The SMILES string of the molecule is Cc1cc(N(c2ccc([Si](C)(C)C)cc2)c2cccc(N(c3ccccc3)c3ccccc3)c2)cc(N(c2ccc(C(C)(C)C)cc2)c2coc3c2C(C)(C)CCC3(C)C)c1. The van der Waals surface area contributed by atoms with E-state index in [4.69, 9.17) is 4.42 Å². The number of furan rings is 1. The molecule has 0 saturated heterocycles. The number of anilines is 9. The van der Waals surface area contributed by atoms with Crippen molar-refractivity contribution in [3.63, 3.8) is 0 Å². The molecule has 1 aliphatic rings. The summed E-state index contributed by atoms with van der Waals surface area (Å²) < 4.78 is 6.68. The molecule has 6 aromatic carbocycles. The standard InChI is InChI=1S/C56H63N3OSi/c1-40-35-48(38-49(36-40)59(45-27-25-41(26-28-45)54(2,3)4)51-39-60-53-52(51)55(5,6)33-34-56(53,7)8)58(44-29-31-50(32-30-44)61(9,10)11)47-24-18-23-46(37-47)57(42-19-14-12-15-20-42)43-21-16-13-17-22-43/h12-32,35-39H,33-34H2,1-11H3. The highest BCUT2D eigenvalue weighted by molar-refractivity contribution is 6.88. The summed E-state index contributed by atoms with van der Waals surface area (Å²) in [4.78, 5) is 7.22. The number of hydrogen-bond acceptors (Lipinski definition) is 4. The Bertz CT molecular complexity index is 2570. The van der Waals surface area contributed by atoms with Crippen molar-refractivity contribution in [1.29, 1.82) is 0 Å². The molecule has 0 amide bonds. The summed E-state index contributed by atoms with van der Waals surface area (Å²) >= 11 is 0. The van der Waals surface area contributed by atoms with Crippen LogP contribution in [0.3, 0.4) is 0 Å².